The van der Waals surface area contributed by atoms with Crippen LogP contribution in [0.15, 0.2) is 75.2 Å². The van der Waals surface area contributed by atoms with E-state index in [1.54, 1.807) is 18.2 Å². The van der Waals surface area contributed by atoms with Gasteiger partial charge in [-0.2, -0.15) is 0 Å². The van der Waals surface area contributed by atoms with Crippen LogP contribution in [-0.4, -0.2) is 23.5 Å². The van der Waals surface area contributed by atoms with Crippen molar-refractivity contribution in [1.82, 2.24) is 5.32 Å². The second kappa shape index (κ2) is 11.4. The van der Waals surface area contributed by atoms with Gasteiger partial charge in [-0.05, 0) is 95.1 Å². The van der Waals surface area contributed by atoms with E-state index in [0.717, 1.165) is 15.6 Å². The van der Waals surface area contributed by atoms with E-state index >= 15 is 0 Å². The second-order valence-corrected chi connectivity index (χ2v) is 10.1. The molecule has 0 atom stereocenters. The van der Waals surface area contributed by atoms with Crippen LogP contribution < -0.4 is 19.7 Å². The number of anilines is 1. The largest absolute Gasteiger partial charge is 0.490 e. The standard InChI is InChI=1S/C27H22Br2N2O4S/c1-3-34-23-14-18(13-21(29)24(23)35-15-17-7-5-4-6-8-17)12-20-25(32)30-27(36)31(26(20)33)22-10-9-19(28)11-16(22)2/h4-14H,3,15H2,1-2H3,(H,30,32,36)/b20-12+. The summed E-state index contributed by atoms with van der Waals surface area (Å²) in [5.41, 5.74) is 2.99. The number of carbonyl (C=O) groups is 2. The molecule has 0 unspecified atom stereocenters. The predicted molar refractivity (Wildman–Crippen MR) is 151 cm³/mol. The highest BCUT2D eigenvalue weighted by atomic mass is 79.9. The first-order chi connectivity index (χ1) is 17.3. The van der Waals surface area contributed by atoms with E-state index in [4.69, 9.17) is 21.7 Å². The summed E-state index contributed by atoms with van der Waals surface area (Å²) in [5, 5.41) is 2.66. The average Bonchev–Trinajstić information content (AvgIpc) is 2.83. The lowest BCUT2D eigenvalue weighted by molar-refractivity contribution is -0.122. The van der Waals surface area contributed by atoms with E-state index in [1.807, 2.05) is 56.3 Å². The molecule has 0 spiro atoms. The lowest BCUT2D eigenvalue weighted by Gasteiger charge is -2.30. The summed E-state index contributed by atoms with van der Waals surface area (Å²) in [5.74, 6) is -0.0350. The van der Waals surface area contributed by atoms with Gasteiger partial charge in [-0.25, -0.2) is 0 Å². The van der Waals surface area contributed by atoms with Gasteiger partial charge in [0.05, 0.1) is 16.8 Å². The van der Waals surface area contributed by atoms with Crippen molar-refractivity contribution in [3.05, 3.63) is 91.9 Å². The van der Waals surface area contributed by atoms with Crippen LogP contribution in [0.5, 0.6) is 11.5 Å². The minimum atomic E-state index is -0.561. The molecule has 4 rings (SSSR count). The molecule has 1 fully saturated rings. The first kappa shape index (κ1) is 26.1. The molecule has 0 aliphatic carbocycles. The number of aryl methyl sites for hydroxylation is 1. The van der Waals surface area contributed by atoms with E-state index in [0.29, 0.717) is 40.4 Å². The lowest BCUT2D eigenvalue weighted by Crippen LogP contribution is -2.54. The quantitative estimate of drug-likeness (QED) is 0.188. The Morgan fingerprint density at radius 1 is 1.03 bits per heavy atom. The number of carbonyl (C=O) groups excluding carboxylic acids is 2. The molecule has 1 N–H and O–H groups in total. The number of hydrogen-bond acceptors (Lipinski definition) is 5. The Bertz CT molecular complexity index is 1380. The van der Waals surface area contributed by atoms with Crippen LogP contribution in [0.4, 0.5) is 5.69 Å². The van der Waals surface area contributed by atoms with Gasteiger partial charge in [0.1, 0.15) is 12.2 Å². The second-order valence-electron chi connectivity index (χ2n) is 7.93. The molecule has 184 valence electrons. The Morgan fingerprint density at radius 3 is 2.47 bits per heavy atom. The molecule has 0 radical (unpaired) electrons. The van der Waals surface area contributed by atoms with Crippen molar-refractivity contribution < 1.29 is 19.1 Å². The topological polar surface area (TPSA) is 67.9 Å². The Kier molecular flexibility index (Phi) is 8.23. The molecule has 3 aromatic carbocycles. The number of ether oxygens (including phenoxy) is 2. The zero-order chi connectivity index (χ0) is 25.8. The molecule has 9 heteroatoms. The number of amides is 2. The van der Waals surface area contributed by atoms with E-state index in [-0.39, 0.29) is 10.7 Å². The first-order valence-corrected chi connectivity index (χ1v) is 13.1. The van der Waals surface area contributed by atoms with Gasteiger partial charge in [-0.3, -0.25) is 19.8 Å². The van der Waals surface area contributed by atoms with Gasteiger partial charge < -0.3 is 9.47 Å². The van der Waals surface area contributed by atoms with Crippen LogP contribution in [0, 0.1) is 6.92 Å². The Hall–Kier alpha value is -3.01. The molecule has 1 aliphatic heterocycles. The van der Waals surface area contributed by atoms with Crippen LogP contribution in [0.25, 0.3) is 6.08 Å². The van der Waals surface area contributed by atoms with Crippen LogP contribution >= 0.6 is 44.1 Å². The van der Waals surface area contributed by atoms with E-state index in [1.165, 1.54) is 11.0 Å². The Labute approximate surface area is 231 Å². The summed E-state index contributed by atoms with van der Waals surface area (Å²) >= 11 is 12.3. The van der Waals surface area contributed by atoms with Crippen molar-refractivity contribution in [3.8, 4) is 11.5 Å². The minimum Gasteiger partial charge on any atom is -0.490 e. The summed E-state index contributed by atoms with van der Waals surface area (Å²) < 4.78 is 13.4. The van der Waals surface area contributed by atoms with Gasteiger partial charge in [0, 0.05) is 4.47 Å². The fourth-order valence-corrected chi connectivity index (χ4v) is 5.04. The normalized spacial score (nSPS) is 14.7. The predicted octanol–water partition coefficient (Wildman–Crippen LogP) is 6.33. The fourth-order valence-electron chi connectivity index (χ4n) is 3.72. The van der Waals surface area contributed by atoms with Gasteiger partial charge >= 0.3 is 0 Å². The third-order valence-corrected chi connectivity index (χ3v) is 6.74. The number of nitrogens with one attached hydrogen (secondary N) is 1. The molecule has 3 aromatic rings. The third kappa shape index (κ3) is 5.69. The molecule has 1 heterocycles. The van der Waals surface area contributed by atoms with Crippen LogP contribution in [-0.2, 0) is 16.2 Å². The minimum absolute atomic E-state index is 0.0356. The van der Waals surface area contributed by atoms with Gasteiger partial charge in [0.2, 0.25) is 0 Å². The fraction of sp³-hybridized carbons (Fsp3) is 0.148. The molecule has 1 saturated heterocycles. The van der Waals surface area contributed by atoms with Gasteiger partial charge in [0.15, 0.2) is 16.6 Å². The van der Waals surface area contributed by atoms with Gasteiger partial charge in [-0.15, -0.1) is 0 Å². The van der Waals surface area contributed by atoms with Crippen molar-refractivity contribution >= 4 is 72.8 Å². The average molecular weight is 630 g/mol. The molecule has 0 aromatic heterocycles. The van der Waals surface area contributed by atoms with E-state index < -0.39 is 11.8 Å². The monoisotopic (exact) mass is 628 g/mol. The maximum atomic E-state index is 13.4. The molecule has 2 amide bonds. The highest BCUT2D eigenvalue weighted by molar-refractivity contribution is 9.10. The van der Waals surface area contributed by atoms with Gasteiger partial charge in [-0.1, -0.05) is 46.3 Å². The molecular weight excluding hydrogens is 608 g/mol. The maximum absolute atomic E-state index is 13.4. The summed E-state index contributed by atoms with van der Waals surface area (Å²) in [6.45, 7) is 4.52. The molecule has 0 saturated carbocycles. The number of rotatable bonds is 7. The van der Waals surface area contributed by atoms with Gasteiger partial charge in [0.25, 0.3) is 11.8 Å². The number of hydrogen-bond donors (Lipinski definition) is 1. The smallest absolute Gasteiger partial charge is 0.270 e. The molecule has 36 heavy (non-hydrogen) atoms. The zero-order valence-electron chi connectivity index (χ0n) is 19.5. The van der Waals surface area contributed by atoms with Crippen LogP contribution in [0.3, 0.4) is 0 Å². The summed E-state index contributed by atoms with van der Waals surface area (Å²) in [6, 6.07) is 18.8. The summed E-state index contributed by atoms with van der Waals surface area (Å²) in [7, 11) is 0. The van der Waals surface area contributed by atoms with Crippen molar-refractivity contribution in [2.24, 2.45) is 0 Å². The van der Waals surface area contributed by atoms with Crippen molar-refractivity contribution in [2.75, 3.05) is 11.5 Å². The SMILES string of the molecule is CCOc1cc(/C=C2\C(=O)NC(=S)N(c3ccc(Br)cc3C)C2=O)cc(Br)c1OCc1ccccc1. The Morgan fingerprint density at radius 2 is 1.78 bits per heavy atom. The highest BCUT2D eigenvalue weighted by Crippen LogP contribution is 2.38. The van der Waals surface area contributed by atoms with Crippen molar-refractivity contribution in [1.29, 1.82) is 0 Å². The van der Waals surface area contributed by atoms with Crippen LogP contribution in [0.2, 0.25) is 0 Å². The van der Waals surface area contributed by atoms with E-state index in [2.05, 4.69) is 37.2 Å². The Balaban J connectivity index is 1.68. The van der Waals surface area contributed by atoms with E-state index in [9.17, 15) is 9.59 Å². The highest BCUT2D eigenvalue weighted by Gasteiger charge is 2.35. The first-order valence-electron chi connectivity index (χ1n) is 11.1. The molecule has 1 aliphatic rings. The van der Waals surface area contributed by atoms with Crippen molar-refractivity contribution in [2.45, 2.75) is 20.5 Å². The summed E-state index contributed by atoms with van der Waals surface area (Å²) in [4.78, 5) is 27.5. The number of nitrogens with zero attached hydrogens (tertiary/aromatic N) is 1. The molecule has 6 nitrogen and oxygen atoms in total. The number of halogens is 2. The summed E-state index contributed by atoms with van der Waals surface area (Å²) in [6.07, 6.45) is 1.52. The molecule has 0 bridgehead atoms. The number of benzene rings is 3. The van der Waals surface area contributed by atoms with Crippen molar-refractivity contribution in [3.63, 3.8) is 0 Å². The third-order valence-electron chi connectivity index (χ3n) is 5.37. The molecular formula is C27H22Br2N2O4S. The van der Waals surface area contributed by atoms with Crippen LogP contribution in [0.1, 0.15) is 23.6 Å². The maximum Gasteiger partial charge on any atom is 0.270 e. The zero-order valence-corrected chi connectivity index (χ0v) is 23.5. The number of thiocarbonyl (C=S) groups is 1. The lowest BCUT2D eigenvalue weighted by atomic mass is 10.1.